The molecule has 0 bridgehead atoms. The van der Waals surface area contributed by atoms with Crippen LogP contribution in [-0.4, -0.2) is 23.7 Å². The quantitative estimate of drug-likeness (QED) is 0.866. The van der Waals surface area contributed by atoms with Crippen LogP contribution in [-0.2, 0) is 0 Å². The summed E-state index contributed by atoms with van der Waals surface area (Å²) < 4.78 is 5.64. The fraction of sp³-hybridized carbons (Fsp3) is 0.500. The molecule has 2 heterocycles. The first kappa shape index (κ1) is 12.1. The van der Waals surface area contributed by atoms with Crippen LogP contribution in [0.1, 0.15) is 32.3 Å². The van der Waals surface area contributed by atoms with E-state index in [1.54, 1.807) is 6.20 Å². The molecule has 0 radical (unpaired) electrons. The first-order valence-corrected chi connectivity index (χ1v) is 6.21. The molecular formula is C14H20N2O. The van der Waals surface area contributed by atoms with E-state index in [4.69, 9.17) is 4.74 Å². The van der Waals surface area contributed by atoms with E-state index < -0.39 is 0 Å². The molecule has 2 rings (SSSR count). The zero-order valence-corrected chi connectivity index (χ0v) is 10.6. The first-order valence-electron chi connectivity index (χ1n) is 6.21. The number of rotatable bonds is 4. The predicted octanol–water partition coefficient (Wildman–Crippen LogP) is 2.63. The third-order valence-electron chi connectivity index (χ3n) is 2.94. The van der Waals surface area contributed by atoms with Crippen LogP contribution in [0.15, 0.2) is 25.0 Å². The normalized spacial score (nSPS) is 19.6. The summed E-state index contributed by atoms with van der Waals surface area (Å²) in [4.78, 5) is 4.22. The minimum atomic E-state index is 0.171. The van der Waals surface area contributed by atoms with Gasteiger partial charge in [-0.1, -0.05) is 6.58 Å². The minimum absolute atomic E-state index is 0.171. The topological polar surface area (TPSA) is 34.1 Å². The first-order chi connectivity index (χ1) is 8.16. The Labute approximate surface area is 103 Å². The molecule has 92 valence electrons. The summed E-state index contributed by atoms with van der Waals surface area (Å²) in [5.41, 5.74) is 2.19. The molecule has 1 fully saturated rings. The van der Waals surface area contributed by atoms with Crippen LogP contribution in [0.4, 0.5) is 0 Å². The van der Waals surface area contributed by atoms with Gasteiger partial charge < -0.3 is 10.1 Å². The van der Waals surface area contributed by atoms with Crippen molar-refractivity contribution in [3.8, 4) is 5.75 Å². The fourth-order valence-electron chi connectivity index (χ4n) is 2.11. The Morgan fingerprint density at radius 1 is 1.53 bits per heavy atom. The van der Waals surface area contributed by atoms with Gasteiger partial charge in [0.05, 0.1) is 12.3 Å². The Hall–Kier alpha value is -1.35. The second-order valence-corrected chi connectivity index (χ2v) is 4.75. The molecule has 0 amide bonds. The van der Waals surface area contributed by atoms with E-state index in [0.29, 0.717) is 6.04 Å². The minimum Gasteiger partial charge on any atom is -0.489 e. The summed E-state index contributed by atoms with van der Waals surface area (Å²) in [6.07, 6.45) is 6.16. The Balaban J connectivity index is 2.12. The lowest BCUT2D eigenvalue weighted by molar-refractivity contribution is 0.241. The maximum absolute atomic E-state index is 5.64. The van der Waals surface area contributed by atoms with Crippen molar-refractivity contribution in [3.63, 3.8) is 0 Å². The molecule has 0 spiro atoms. The highest BCUT2D eigenvalue weighted by Gasteiger charge is 2.18. The van der Waals surface area contributed by atoms with E-state index in [0.717, 1.165) is 29.9 Å². The van der Waals surface area contributed by atoms with Gasteiger partial charge >= 0.3 is 0 Å². The van der Waals surface area contributed by atoms with Gasteiger partial charge in [-0.2, -0.15) is 0 Å². The number of hydrogen-bond donors (Lipinski definition) is 1. The smallest absolute Gasteiger partial charge is 0.138 e. The van der Waals surface area contributed by atoms with E-state index >= 15 is 0 Å². The van der Waals surface area contributed by atoms with Gasteiger partial charge in [-0.25, -0.2) is 0 Å². The van der Waals surface area contributed by atoms with Crippen molar-refractivity contribution < 1.29 is 4.74 Å². The zero-order chi connectivity index (χ0) is 12.3. The molecule has 3 heteroatoms. The van der Waals surface area contributed by atoms with Crippen LogP contribution in [0, 0.1) is 0 Å². The highest BCUT2D eigenvalue weighted by Crippen LogP contribution is 2.24. The van der Waals surface area contributed by atoms with Crippen molar-refractivity contribution >= 4 is 5.57 Å². The standard InChI is InChI=1S/C14H20N2O/c1-10(2)17-13-7-12(8-15-9-13)11(3)14-5-4-6-16-14/h7-10,14,16H,3-6H2,1-2H3/t14-/m0/s1. The van der Waals surface area contributed by atoms with Crippen LogP contribution in [0.25, 0.3) is 5.57 Å². The maximum atomic E-state index is 5.64. The van der Waals surface area contributed by atoms with Crippen molar-refractivity contribution in [2.75, 3.05) is 6.54 Å². The summed E-state index contributed by atoms with van der Waals surface area (Å²) >= 11 is 0. The molecule has 0 unspecified atom stereocenters. The van der Waals surface area contributed by atoms with Gasteiger partial charge in [0.1, 0.15) is 5.75 Å². The van der Waals surface area contributed by atoms with Gasteiger partial charge in [0.25, 0.3) is 0 Å². The lowest BCUT2D eigenvalue weighted by atomic mass is 10.0. The SMILES string of the molecule is C=C(c1cncc(OC(C)C)c1)[C@@H]1CCCN1. The van der Waals surface area contributed by atoms with Gasteiger partial charge in [0.2, 0.25) is 0 Å². The number of nitrogens with zero attached hydrogens (tertiary/aromatic N) is 1. The zero-order valence-electron chi connectivity index (χ0n) is 10.6. The molecular weight excluding hydrogens is 212 g/mol. The summed E-state index contributed by atoms with van der Waals surface area (Å²) in [5, 5.41) is 3.45. The summed E-state index contributed by atoms with van der Waals surface area (Å²) in [7, 11) is 0. The molecule has 1 N–H and O–H groups in total. The molecule has 1 saturated heterocycles. The third-order valence-corrected chi connectivity index (χ3v) is 2.94. The third kappa shape index (κ3) is 3.07. The van der Waals surface area contributed by atoms with Crippen LogP contribution in [0.3, 0.4) is 0 Å². The Bertz CT molecular complexity index is 395. The second-order valence-electron chi connectivity index (χ2n) is 4.75. The van der Waals surface area contributed by atoms with Crippen molar-refractivity contribution in [1.29, 1.82) is 0 Å². The summed E-state index contributed by atoms with van der Waals surface area (Å²) in [6, 6.07) is 2.42. The van der Waals surface area contributed by atoms with Gasteiger partial charge in [0, 0.05) is 17.8 Å². The molecule has 0 saturated carbocycles. The Morgan fingerprint density at radius 2 is 2.35 bits per heavy atom. The number of aromatic nitrogens is 1. The predicted molar refractivity (Wildman–Crippen MR) is 70.1 cm³/mol. The summed E-state index contributed by atoms with van der Waals surface area (Å²) in [5.74, 6) is 0.816. The molecule has 0 aliphatic carbocycles. The molecule has 17 heavy (non-hydrogen) atoms. The highest BCUT2D eigenvalue weighted by molar-refractivity contribution is 5.68. The number of ether oxygens (including phenoxy) is 1. The van der Waals surface area contributed by atoms with Crippen molar-refractivity contribution in [1.82, 2.24) is 10.3 Å². The number of pyridine rings is 1. The highest BCUT2D eigenvalue weighted by atomic mass is 16.5. The van der Waals surface area contributed by atoms with Gasteiger partial charge in [-0.15, -0.1) is 0 Å². The lowest BCUT2D eigenvalue weighted by Gasteiger charge is -2.15. The van der Waals surface area contributed by atoms with Crippen LogP contribution in [0.2, 0.25) is 0 Å². The van der Waals surface area contributed by atoms with Crippen LogP contribution >= 0.6 is 0 Å². The largest absolute Gasteiger partial charge is 0.489 e. The van der Waals surface area contributed by atoms with Gasteiger partial charge in [-0.3, -0.25) is 4.98 Å². The Kier molecular flexibility index (Phi) is 3.79. The number of nitrogens with one attached hydrogen (secondary N) is 1. The van der Waals surface area contributed by atoms with E-state index in [1.165, 1.54) is 6.42 Å². The molecule has 1 aliphatic heterocycles. The van der Waals surface area contributed by atoms with Crippen LogP contribution < -0.4 is 10.1 Å². The number of hydrogen-bond acceptors (Lipinski definition) is 3. The average Bonchev–Trinajstić information content (AvgIpc) is 2.81. The van der Waals surface area contributed by atoms with Crippen LogP contribution in [0.5, 0.6) is 5.75 Å². The van der Waals surface area contributed by atoms with E-state index in [1.807, 2.05) is 26.1 Å². The second kappa shape index (κ2) is 5.32. The van der Waals surface area contributed by atoms with E-state index in [9.17, 15) is 0 Å². The van der Waals surface area contributed by atoms with E-state index in [-0.39, 0.29) is 6.10 Å². The Morgan fingerprint density at radius 3 is 3.00 bits per heavy atom. The monoisotopic (exact) mass is 232 g/mol. The molecule has 1 atom stereocenters. The van der Waals surface area contributed by atoms with Crippen molar-refractivity contribution in [3.05, 3.63) is 30.6 Å². The molecule has 3 nitrogen and oxygen atoms in total. The summed E-state index contributed by atoms with van der Waals surface area (Å²) in [6.45, 7) is 9.28. The average molecular weight is 232 g/mol. The van der Waals surface area contributed by atoms with Crippen molar-refractivity contribution in [2.24, 2.45) is 0 Å². The van der Waals surface area contributed by atoms with Gasteiger partial charge in [0.15, 0.2) is 0 Å². The van der Waals surface area contributed by atoms with E-state index in [2.05, 4.69) is 16.9 Å². The molecule has 1 aromatic heterocycles. The van der Waals surface area contributed by atoms with Gasteiger partial charge in [-0.05, 0) is 44.9 Å². The molecule has 1 aliphatic rings. The van der Waals surface area contributed by atoms with Crippen molar-refractivity contribution in [2.45, 2.75) is 38.8 Å². The maximum Gasteiger partial charge on any atom is 0.138 e. The lowest BCUT2D eigenvalue weighted by Crippen LogP contribution is -2.22. The molecule has 1 aromatic rings. The fourth-order valence-corrected chi connectivity index (χ4v) is 2.11. The molecule has 0 aromatic carbocycles.